The zero-order valence-corrected chi connectivity index (χ0v) is 14.1. The quantitative estimate of drug-likeness (QED) is 0.627. The number of ether oxygens (including phenoxy) is 1. The fraction of sp³-hybridized carbons (Fsp3) is 0.588. The Kier molecular flexibility index (Phi) is 4.71. The number of hydrogen-bond acceptors (Lipinski definition) is 5. The molecular weight excluding hydrogens is 310 g/mol. The molecule has 3 rings (SSSR count). The van der Waals surface area contributed by atoms with Crippen molar-refractivity contribution in [1.29, 1.82) is 0 Å². The molecule has 24 heavy (non-hydrogen) atoms. The van der Waals surface area contributed by atoms with E-state index in [1.807, 2.05) is 18.7 Å². The van der Waals surface area contributed by atoms with Gasteiger partial charge in [0.2, 0.25) is 0 Å². The summed E-state index contributed by atoms with van der Waals surface area (Å²) in [6, 6.07) is 4.80. The van der Waals surface area contributed by atoms with E-state index in [-0.39, 0.29) is 23.7 Å². The van der Waals surface area contributed by atoms with Crippen molar-refractivity contribution in [2.24, 2.45) is 0 Å². The highest BCUT2D eigenvalue weighted by Crippen LogP contribution is 2.32. The molecule has 2 fully saturated rings. The molecule has 1 amide bonds. The van der Waals surface area contributed by atoms with E-state index in [1.165, 1.54) is 6.07 Å². The van der Waals surface area contributed by atoms with E-state index in [0.29, 0.717) is 24.4 Å². The lowest BCUT2D eigenvalue weighted by atomic mass is 10.1. The van der Waals surface area contributed by atoms with Gasteiger partial charge in [-0.1, -0.05) is 0 Å². The van der Waals surface area contributed by atoms with Crippen molar-refractivity contribution in [3.63, 3.8) is 0 Å². The molecule has 0 bridgehead atoms. The third-order valence-electron chi connectivity index (χ3n) is 4.73. The molecule has 2 atom stereocenters. The van der Waals surface area contributed by atoms with Crippen LogP contribution in [-0.2, 0) is 4.74 Å². The Morgan fingerprint density at radius 1 is 1.29 bits per heavy atom. The lowest BCUT2D eigenvalue weighted by Crippen LogP contribution is -2.50. The third-order valence-corrected chi connectivity index (χ3v) is 4.73. The Morgan fingerprint density at radius 3 is 2.67 bits per heavy atom. The number of morpholine rings is 1. The molecule has 0 aliphatic carbocycles. The van der Waals surface area contributed by atoms with Crippen molar-refractivity contribution in [3.05, 3.63) is 33.9 Å². The number of nitro benzene ring substituents is 1. The van der Waals surface area contributed by atoms with Gasteiger partial charge in [0.1, 0.15) is 5.69 Å². The topological polar surface area (TPSA) is 75.9 Å². The minimum Gasteiger partial charge on any atom is -0.375 e. The normalized spacial score (nSPS) is 24.2. The fourth-order valence-electron chi connectivity index (χ4n) is 3.38. The monoisotopic (exact) mass is 333 g/mol. The van der Waals surface area contributed by atoms with Crippen molar-refractivity contribution in [2.75, 3.05) is 31.1 Å². The second-order valence-corrected chi connectivity index (χ2v) is 6.61. The van der Waals surface area contributed by atoms with Gasteiger partial charge in [0, 0.05) is 31.3 Å². The first-order valence-electron chi connectivity index (χ1n) is 8.43. The summed E-state index contributed by atoms with van der Waals surface area (Å²) in [5.74, 6) is -0.172. The lowest BCUT2D eigenvalue weighted by Gasteiger charge is -2.36. The van der Waals surface area contributed by atoms with Gasteiger partial charge in [-0.15, -0.1) is 0 Å². The first-order chi connectivity index (χ1) is 11.5. The summed E-state index contributed by atoms with van der Waals surface area (Å²) in [5, 5.41) is 11.5. The van der Waals surface area contributed by atoms with Gasteiger partial charge in [-0.05, 0) is 38.8 Å². The number of carbonyl (C=O) groups is 1. The second kappa shape index (κ2) is 6.76. The number of hydrogen-bond donors (Lipinski definition) is 0. The molecule has 1 aromatic carbocycles. The van der Waals surface area contributed by atoms with Gasteiger partial charge in [0.25, 0.3) is 11.6 Å². The Bertz CT molecular complexity index is 643. The highest BCUT2D eigenvalue weighted by atomic mass is 16.6. The molecule has 0 radical (unpaired) electrons. The van der Waals surface area contributed by atoms with E-state index in [4.69, 9.17) is 4.74 Å². The predicted octanol–water partition coefficient (Wildman–Crippen LogP) is 2.44. The van der Waals surface area contributed by atoms with E-state index >= 15 is 0 Å². The first-order valence-corrected chi connectivity index (χ1v) is 8.43. The maximum atomic E-state index is 12.8. The van der Waals surface area contributed by atoms with Gasteiger partial charge in [-0.2, -0.15) is 0 Å². The van der Waals surface area contributed by atoms with Crippen LogP contribution in [0, 0.1) is 10.1 Å². The Labute approximate surface area is 141 Å². The zero-order chi connectivity index (χ0) is 17.3. The summed E-state index contributed by atoms with van der Waals surface area (Å²) >= 11 is 0. The predicted molar refractivity (Wildman–Crippen MR) is 90.5 cm³/mol. The van der Waals surface area contributed by atoms with Gasteiger partial charge in [0.15, 0.2) is 0 Å². The molecule has 1 aromatic rings. The minimum atomic E-state index is -0.393. The molecule has 2 aliphatic rings. The summed E-state index contributed by atoms with van der Waals surface area (Å²) in [5.41, 5.74) is 0.986. The first kappa shape index (κ1) is 16.7. The molecule has 0 spiro atoms. The van der Waals surface area contributed by atoms with Crippen molar-refractivity contribution < 1.29 is 14.5 Å². The van der Waals surface area contributed by atoms with Crippen LogP contribution in [-0.4, -0.2) is 54.1 Å². The van der Waals surface area contributed by atoms with Crippen molar-refractivity contribution in [2.45, 2.75) is 38.8 Å². The number of carbonyl (C=O) groups excluding carboxylic acids is 1. The van der Waals surface area contributed by atoms with Crippen molar-refractivity contribution in [3.8, 4) is 0 Å². The molecule has 2 heterocycles. The molecule has 0 aromatic heterocycles. The number of benzene rings is 1. The molecule has 0 N–H and O–H groups in total. The fourth-order valence-corrected chi connectivity index (χ4v) is 3.38. The molecule has 2 saturated heterocycles. The van der Waals surface area contributed by atoms with E-state index in [2.05, 4.69) is 0 Å². The van der Waals surface area contributed by atoms with E-state index in [0.717, 1.165) is 25.9 Å². The van der Waals surface area contributed by atoms with Crippen LogP contribution in [0.4, 0.5) is 11.4 Å². The van der Waals surface area contributed by atoms with Crippen LogP contribution < -0.4 is 4.90 Å². The smallest absolute Gasteiger partial charge is 0.293 e. The average molecular weight is 333 g/mol. The summed E-state index contributed by atoms with van der Waals surface area (Å²) in [6.07, 6.45) is 2.06. The highest BCUT2D eigenvalue weighted by Gasteiger charge is 2.30. The van der Waals surface area contributed by atoms with Gasteiger partial charge in [-0.3, -0.25) is 14.9 Å². The molecule has 7 heteroatoms. The Hall–Kier alpha value is -2.15. The van der Waals surface area contributed by atoms with Gasteiger partial charge in [0.05, 0.1) is 23.7 Å². The van der Waals surface area contributed by atoms with Crippen LogP contribution in [0.2, 0.25) is 0 Å². The highest BCUT2D eigenvalue weighted by molar-refractivity contribution is 5.96. The Balaban J connectivity index is 1.89. The van der Waals surface area contributed by atoms with Gasteiger partial charge in [-0.25, -0.2) is 0 Å². The van der Waals surface area contributed by atoms with Crippen LogP contribution >= 0.6 is 0 Å². The van der Waals surface area contributed by atoms with E-state index in [1.54, 1.807) is 17.0 Å². The van der Waals surface area contributed by atoms with Crippen LogP contribution in [0.5, 0.6) is 0 Å². The molecular formula is C17H23N3O4. The molecule has 7 nitrogen and oxygen atoms in total. The number of nitro groups is 1. The van der Waals surface area contributed by atoms with E-state index in [9.17, 15) is 14.9 Å². The number of rotatable bonds is 3. The summed E-state index contributed by atoms with van der Waals surface area (Å²) in [7, 11) is 0. The average Bonchev–Trinajstić information content (AvgIpc) is 3.10. The maximum Gasteiger partial charge on any atom is 0.293 e. The Morgan fingerprint density at radius 2 is 2.00 bits per heavy atom. The zero-order valence-electron chi connectivity index (χ0n) is 14.1. The summed E-state index contributed by atoms with van der Waals surface area (Å²) < 4.78 is 5.55. The molecule has 2 aliphatic heterocycles. The summed E-state index contributed by atoms with van der Waals surface area (Å²) in [4.78, 5) is 27.6. The second-order valence-electron chi connectivity index (χ2n) is 6.61. The number of amides is 1. The largest absolute Gasteiger partial charge is 0.375 e. The van der Waals surface area contributed by atoms with Gasteiger partial charge < -0.3 is 14.5 Å². The van der Waals surface area contributed by atoms with Crippen LogP contribution in [0.15, 0.2) is 18.2 Å². The third kappa shape index (κ3) is 3.21. The minimum absolute atomic E-state index is 0.0108. The number of nitrogens with zero attached hydrogens (tertiary/aromatic N) is 3. The van der Waals surface area contributed by atoms with E-state index < -0.39 is 4.92 Å². The molecule has 2 unspecified atom stereocenters. The maximum absolute atomic E-state index is 12.8. The van der Waals surface area contributed by atoms with Crippen LogP contribution in [0.25, 0.3) is 0 Å². The van der Waals surface area contributed by atoms with Crippen LogP contribution in [0.3, 0.4) is 0 Å². The SMILES string of the molecule is CC1CN(C(=O)c2ccc(N3CCCC3)c([N+](=O)[O-])c2)C(C)CO1. The van der Waals surface area contributed by atoms with Crippen molar-refractivity contribution in [1.82, 2.24) is 4.90 Å². The standard InChI is InChI=1S/C17H23N3O4/c1-12-11-24-13(2)10-19(12)17(21)14-5-6-15(16(9-14)20(22)23)18-7-3-4-8-18/h5-6,9,12-13H,3-4,7-8,10-11H2,1-2H3. The molecule has 0 saturated carbocycles. The number of anilines is 1. The van der Waals surface area contributed by atoms with Gasteiger partial charge >= 0.3 is 0 Å². The lowest BCUT2D eigenvalue weighted by molar-refractivity contribution is -0.384. The molecule has 130 valence electrons. The van der Waals surface area contributed by atoms with Crippen LogP contribution in [0.1, 0.15) is 37.0 Å². The summed E-state index contributed by atoms with van der Waals surface area (Å²) in [6.45, 7) is 6.49. The van der Waals surface area contributed by atoms with Crippen molar-refractivity contribution >= 4 is 17.3 Å².